The Balaban J connectivity index is -0.0000000167. The minimum Gasteiger partial charge on any atom is -0.358 e. The smallest absolute Gasteiger partial charge is 0.358 e. The van der Waals surface area contributed by atoms with E-state index in [9.17, 15) is 0 Å². The zero-order valence-electron chi connectivity index (χ0n) is 6.66. The Labute approximate surface area is 97.5 Å². The van der Waals surface area contributed by atoms with E-state index in [0.717, 1.165) is 6.42 Å². The fraction of sp³-hybridized carbons (Fsp3) is 0.125. The summed E-state index contributed by atoms with van der Waals surface area (Å²) < 4.78 is 0. The van der Waals surface area contributed by atoms with Crippen molar-refractivity contribution < 1.29 is 21.1 Å². The van der Waals surface area contributed by atoms with Crippen molar-refractivity contribution in [3.8, 4) is 0 Å². The molecule has 0 aliphatic heterocycles. The second-order valence-corrected chi connectivity index (χ2v) is 1.00. The van der Waals surface area contributed by atoms with Crippen LogP contribution in [0.1, 0.15) is 6.42 Å². The van der Waals surface area contributed by atoms with Gasteiger partial charge >= 0.3 is 21.1 Å². The fourth-order valence-electron chi connectivity index (χ4n) is 0.340. The molecule has 64 valence electrons. The van der Waals surface area contributed by atoms with E-state index >= 15 is 0 Å². The minimum atomic E-state index is 0. The largest absolute Gasteiger partial charge is 4.00 e. The monoisotopic (exact) mass is 433 g/mol. The molecule has 0 aromatic heterocycles. The van der Waals surface area contributed by atoms with E-state index in [2.05, 4.69) is 12.2 Å². The number of allylic oxidation sites excluding steroid dienone is 4. The van der Waals surface area contributed by atoms with Gasteiger partial charge in [0.25, 0.3) is 0 Å². The number of rotatable bonds is 0. The van der Waals surface area contributed by atoms with Gasteiger partial charge in [-0.25, -0.2) is 12.2 Å². The Morgan fingerprint density at radius 1 is 1.10 bits per heavy atom. The summed E-state index contributed by atoms with van der Waals surface area (Å²) in [5.41, 5.74) is 0. The molecule has 0 N–H and O–H groups in total. The normalized spacial score (nSPS) is 8.80. The molecule has 0 fully saturated rings. The van der Waals surface area contributed by atoms with Crippen LogP contribution in [-0.2, 0) is 21.1 Å². The van der Waals surface area contributed by atoms with Crippen LogP contribution in [0.3, 0.4) is 0 Å². The van der Waals surface area contributed by atoms with E-state index in [1.165, 1.54) is 0 Å². The van der Waals surface area contributed by atoms with Gasteiger partial charge in [-0.2, -0.15) is 6.08 Å². The first-order valence-corrected chi connectivity index (χ1v) is 1.72. The molecule has 1 aliphatic rings. The molecule has 0 nitrogen and oxygen atoms in total. The molecule has 0 amide bonds. The van der Waals surface area contributed by atoms with Crippen molar-refractivity contribution in [2.45, 2.75) is 6.42 Å². The van der Waals surface area contributed by atoms with Crippen LogP contribution in [0.25, 0.3) is 0 Å². The number of halogens is 1. The molecule has 0 radical (unpaired) electrons. The van der Waals surface area contributed by atoms with Crippen LogP contribution >= 0.6 is 24.0 Å². The van der Waals surface area contributed by atoms with E-state index in [1.54, 1.807) is 0 Å². The van der Waals surface area contributed by atoms with Crippen molar-refractivity contribution in [2.75, 3.05) is 0 Å². The molecule has 0 unspecified atom stereocenters. The third kappa shape index (κ3) is 16.0. The molecule has 0 aromatic rings. The molecule has 0 bridgehead atoms. The topological polar surface area (TPSA) is 0 Å². The summed E-state index contributed by atoms with van der Waals surface area (Å²) in [6.07, 6.45) is 10.0. The first-order valence-electron chi connectivity index (χ1n) is 1.72. The summed E-state index contributed by atoms with van der Waals surface area (Å²) in [7, 11) is 0. The first-order chi connectivity index (χ1) is 2.50. The molecule has 0 saturated heterocycles. The van der Waals surface area contributed by atoms with Gasteiger partial charge in [-0.1, -0.05) is 0 Å². The van der Waals surface area contributed by atoms with Gasteiger partial charge in [-0.05, 0) is 0 Å². The molecule has 1 rings (SSSR count). The van der Waals surface area contributed by atoms with Crippen molar-refractivity contribution in [3.05, 3.63) is 46.6 Å². The molecule has 0 spiro atoms. The van der Waals surface area contributed by atoms with Gasteiger partial charge in [0.2, 0.25) is 0 Å². The summed E-state index contributed by atoms with van der Waals surface area (Å²) in [6.45, 7) is 0. The molecule has 1 aliphatic carbocycles. The van der Waals surface area contributed by atoms with Crippen LogP contribution in [-0.4, -0.2) is 0 Å². The maximum Gasteiger partial charge on any atom is 4.00 e. The Morgan fingerprint density at radius 3 is 1.70 bits per heavy atom. The Bertz CT molecular complexity index is 67.3. The average Bonchev–Trinajstić information content (AvgIpc) is 1.76. The number of hydrogen-bond acceptors (Lipinski definition) is 0. The van der Waals surface area contributed by atoms with Gasteiger partial charge in [0.15, 0.2) is 0 Å². The van der Waals surface area contributed by atoms with Gasteiger partial charge in [0.1, 0.15) is 0 Å². The molecular formula is C8H15IPt. The number of hydrogen-bond donors (Lipinski definition) is 0. The molecule has 0 atom stereocenters. The Morgan fingerprint density at radius 2 is 1.60 bits per heavy atom. The Kier molecular flexibility index (Phi) is 69.1. The van der Waals surface area contributed by atoms with Crippen molar-refractivity contribution >= 4 is 24.0 Å². The zero-order valence-corrected chi connectivity index (χ0v) is 11.3. The molecule has 10 heavy (non-hydrogen) atoms. The molecule has 2 heteroatoms. The molecule has 0 saturated carbocycles. The summed E-state index contributed by atoms with van der Waals surface area (Å²) >= 11 is 0. The molecule has 0 heterocycles. The van der Waals surface area contributed by atoms with E-state index in [4.69, 9.17) is 0 Å². The summed E-state index contributed by atoms with van der Waals surface area (Å²) in [4.78, 5) is 0. The van der Waals surface area contributed by atoms with E-state index in [0.29, 0.717) is 0 Å². The maximum atomic E-state index is 2.99. The van der Waals surface area contributed by atoms with Crippen molar-refractivity contribution in [2.24, 2.45) is 0 Å². The maximum absolute atomic E-state index is 2.99. The van der Waals surface area contributed by atoms with Gasteiger partial charge in [-0.15, -0.1) is 30.4 Å². The second-order valence-electron chi connectivity index (χ2n) is 1.00. The van der Waals surface area contributed by atoms with Crippen LogP contribution in [0.15, 0.2) is 18.2 Å². The average molecular weight is 433 g/mol. The predicted molar refractivity (Wildman–Crippen MR) is 56.2 cm³/mol. The molecule has 0 aromatic carbocycles. The van der Waals surface area contributed by atoms with Crippen LogP contribution in [0.2, 0.25) is 0 Å². The first kappa shape index (κ1) is 30.7. The van der Waals surface area contributed by atoms with E-state index in [1.807, 2.05) is 12.2 Å². The SMILES string of the molecule is I.[C-]1=CC=CC1.[CH3-].[CH3-].[CH3-].[Pt+4]. The predicted octanol–water partition coefficient (Wildman–Crippen LogP) is 3.27. The second kappa shape index (κ2) is 22.5. The summed E-state index contributed by atoms with van der Waals surface area (Å²) in [5, 5.41) is 0. The summed E-state index contributed by atoms with van der Waals surface area (Å²) in [5.74, 6) is 0. The van der Waals surface area contributed by atoms with Crippen molar-refractivity contribution in [1.29, 1.82) is 0 Å². The van der Waals surface area contributed by atoms with Crippen LogP contribution < -0.4 is 0 Å². The van der Waals surface area contributed by atoms with Gasteiger partial charge in [0, 0.05) is 0 Å². The van der Waals surface area contributed by atoms with Crippen molar-refractivity contribution in [1.82, 2.24) is 0 Å². The Hall–Kier alpha value is 0.898. The quantitative estimate of drug-likeness (QED) is 0.407. The minimum absolute atomic E-state index is 0. The van der Waals surface area contributed by atoms with Gasteiger partial charge in [-0.3, -0.25) is 6.08 Å². The molecular weight excluding hydrogens is 418 g/mol. The zero-order chi connectivity index (χ0) is 3.54. The van der Waals surface area contributed by atoms with Gasteiger partial charge in [0.05, 0.1) is 0 Å². The fourth-order valence-corrected chi connectivity index (χ4v) is 0.340. The standard InChI is InChI=1S/C5H5.3CH3.HI.Pt/c1-2-4-5-3-1;;;;;/h1-3H,4H2;3*1H3;1H;/q4*-1;;+4. The van der Waals surface area contributed by atoms with E-state index in [-0.39, 0.29) is 67.3 Å². The third-order valence-corrected chi connectivity index (χ3v) is 0.586. The van der Waals surface area contributed by atoms with Crippen LogP contribution in [0.4, 0.5) is 0 Å². The van der Waals surface area contributed by atoms with Crippen LogP contribution in [0.5, 0.6) is 0 Å². The van der Waals surface area contributed by atoms with E-state index < -0.39 is 0 Å². The van der Waals surface area contributed by atoms with Crippen molar-refractivity contribution in [3.63, 3.8) is 0 Å². The third-order valence-electron chi connectivity index (χ3n) is 0.586. The summed E-state index contributed by atoms with van der Waals surface area (Å²) in [6, 6.07) is 0. The van der Waals surface area contributed by atoms with Crippen LogP contribution in [0, 0.1) is 28.4 Å². The van der Waals surface area contributed by atoms with Gasteiger partial charge < -0.3 is 22.3 Å².